The highest BCUT2D eigenvalue weighted by Gasteiger charge is 2.72. The van der Waals surface area contributed by atoms with Crippen LogP contribution < -0.4 is 11.1 Å². The molecule has 164 valence electrons. The predicted octanol–water partition coefficient (Wildman–Crippen LogP) is -0.123. The lowest BCUT2D eigenvalue weighted by Crippen LogP contribution is -2.55. The predicted molar refractivity (Wildman–Crippen MR) is 105 cm³/mol. The van der Waals surface area contributed by atoms with Crippen molar-refractivity contribution >= 4 is 17.7 Å². The van der Waals surface area contributed by atoms with Crippen molar-refractivity contribution in [2.45, 2.75) is 24.7 Å². The lowest BCUT2D eigenvalue weighted by molar-refractivity contribution is -0.137. The second-order valence-corrected chi connectivity index (χ2v) is 8.04. The molecule has 0 spiro atoms. The molecular weight excluding hydrogens is 406 g/mol. The first-order chi connectivity index (χ1) is 14.9. The number of piperazine rings is 1. The van der Waals surface area contributed by atoms with E-state index in [4.69, 9.17) is 24.7 Å². The lowest BCUT2D eigenvalue weighted by atomic mass is 9.83. The van der Waals surface area contributed by atoms with Crippen LogP contribution in [0.3, 0.4) is 0 Å². The fourth-order valence-electron chi connectivity index (χ4n) is 5.11. The van der Waals surface area contributed by atoms with Crippen LogP contribution in [-0.2, 0) is 28.5 Å². The number of nitrogens with zero attached hydrogens (tertiary/aromatic N) is 1. The van der Waals surface area contributed by atoms with Crippen molar-refractivity contribution in [1.29, 1.82) is 0 Å². The number of amides is 1. The molecule has 4 heterocycles. The molecule has 0 saturated carbocycles. The third-order valence-corrected chi connectivity index (χ3v) is 6.51. The maximum Gasteiger partial charge on any atom is 0.404 e. The molecule has 10 nitrogen and oxygen atoms in total. The Labute approximate surface area is 178 Å². The largest absolute Gasteiger partial charge is 0.490 e. The summed E-state index contributed by atoms with van der Waals surface area (Å²) < 4.78 is 22.2. The SMILES string of the molecule is COC12C(COC(N)=O)C3=C(C(=O)C(C)=C(OCC4=CC=CCO4)C3=O)N1CC1NC12. The third-order valence-electron chi connectivity index (χ3n) is 6.51. The molecule has 10 heteroatoms. The van der Waals surface area contributed by atoms with Gasteiger partial charge in [-0.15, -0.1) is 0 Å². The fourth-order valence-corrected chi connectivity index (χ4v) is 5.11. The summed E-state index contributed by atoms with van der Waals surface area (Å²) in [5, 5.41) is 3.32. The summed E-state index contributed by atoms with van der Waals surface area (Å²) in [6.07, 6.45) is 4.46. The minimum absolute atomic E-state index is 0.0203. The number of hydrogen-bond acceptors (Lipinski definition) is 9. The van der Waals surface area contributed by atoms with Crippen LogP contribution in [-0.4, -0.2) is 73.8 Å². The van der Waals surface area contributed by atoms with Gasteiger partial charge in [0.1, 0.15) is 25.6 Å². The highest BCUT2D eigenvalue weighted by molar-refractivity contribution is 6.25. The van der Waals surface area contributed by atoms with Gasteiger partial charge in [0.05, 0.1) is 17.7 Å². The summed E-state index contributed by atoms with van der Waals surface area (Å²) in [4.78, 5) is 40.1. The van der Waals surface area contributed by atoms with E-state index >= 15 is 0 Å². The van der Waals surface area contributed by atoms with E-state index in [-0.39, 0.29) is 48.0 Å². The van der Waals surface area contributed by atoms with Crippen LogP contribution in [0.4, 0.5) is 4.79 Å². The molecule has 0 bridgehead atoms. The maximum atomic E-state index is 13.6. The number of methoxy groups -OCH3 is 1. The van der Waals surface area contributed by atoms with E-state index in [1.807, 2.05) is 17.1 Å². The first-order valence-electron chi connectivity index (χ1n) is 10.1. The number of ether oxygens (including phenoxy) is 4. The van der Waals surface area contributed by atoms with Crippen molar-refractivity contribution in [3.05, 3.63) is 46.6 Å². The van der Waals surface area contributed by atoms with Gasteiger partial charge in [-0.3, -0.25) is 9.59 Å². The van der Waals surface area contributed by atoms with E-state index in [0.717, 1.165) is 0 Å². The van der Waals surface area contributed by atoms with E-state index in [9.17, 15) is 14.4 Å². The second-order valence-electron chi connectivity index (χ2n) is 8.04. The van der Waals surface area contributed by atoms with Crippen molar-refractivity contribution in [2.24, 2.45) is 11.7 Å². The summed E-state index contributed by atoms with van der Waals surface area (Å²) in [7, 11) is 1.53. The average molecular weight is 429 g/mol. The lowest BCUT2D eigenvalue weighted by Gasteiger charge is -2.39. The van der Waals surface area contributed by atoms with Crippen LogP contribution >= 0.6 is 0 Å². The van der Waals surface area contributed by atoms with Crippen molar-refractivity contribution in [3.63, 3.8) is 0 Å². The Morgan fingerprint density at radius 2 is 2.19 bits per heavy atom. The van der Waals surface area contributed by atoms with Crippen molar-refractivity contribution < 1.29 is 33.3 Å². The second kappa shape index (κ2) is 6.96. The van der Waals surface area contributed by atoms with Gasteiger partial charge in [0, 0.05) is 30.8 Å². The maximum absolute atomic E-state index is 13.6. The minimum atomic E-state index is -1.01. The molecule has 2 fully saturated rings. The number of ketones is 2. The van der Waals surface area contributed by atoms with Gasteiger partial charge in [-0.2, -0.15) is 0 Å². The van der Waals surface area contributed by atoms with E-state index in [0.29, 0.717) is 24.6 Å². The van der Waals surface area contributed by atoms with Gasteiger partial charge in [-0.05, 0) is 19.1 Å². The standard InChI is InChI=1S/C21H23N3O7/c1-10-16(25)15-14(17(26)18(10)30-8-11-5-3-4-6-29-11)12(9-31-20(22)27)21(28-2)19-13(23-19)7-24(15)21/h3-5,12-13,19,23H,6-9H2,1-2H3,(H2,22,27). The number of carbonyl (C=O) groups is 3. The molecule has 5 aliphatic rings. The summed E-state index contributed by atoms with van der Waals surface area (Å²) in [6, 6.07) is 0.0424. The van der Waals surface area contributed by atoms with Crippen molar-refractivity contribution in [3.8, 4) is 0 Å². The zero-order valence-corrected chi connectivity index (χ0v) is 17.2. The molecule has 5 rings (SSSR count). The Kier molecular flexibility index (Phi) is 4.45. The fraction of sp³-hybridized carbons (Fsp3) is 0.476. The van der Waals surface area contributed by atoms with Gasteiger partial charge in [0.2, 0.25) is 11.6 Å². The Bertz CT molecular complexity index is 1010. The monoisotopic (exact) mass is 429 g/mol. The number of carbonyl (C=O) groups excluding carboxylic acids is 3. The summed E-state index contributed by atoms with van der Waals surface area (Å²) >= 11 is 0. The normalized spacial score (nSPS) is 33.0. The first-order valence-corrected chi connectivity index (χ1v) is 10.1. The number of allylic oxidation sites excluding steroid dienone is 4. The number of fused-ring (bicyclic) bond motifs is 4. The first kappa shape index (κ1) is 19.8. The van der Waals surface area contributed by atoms with Gasteiger partial charge in [0.15, 0.2) is 11.5 Å². The topological polar surface area (TPSA) is 139 Å². The molecule has 1 amide bonds. The number of primary amides is 1. The van der Waals surface area contributed by atoms with E-state index in [2.05, 4.69) is 5.32 Å². The van der Waals surface area contributed by atoms with Gasteiger partial charge < -0.3 is 34.9 Å². The molecule has 0 aromatic carbocycles. The number of Topliss-reactive ketones (excluding diaryl/α,β-unsaturated/α-hetero) is 2. The minimum Gasteiger partial charge on any atom is -0.490 e. The van der Waals surface area contributed by atoms with Crippen molar-refractivity contribution in [2.75, 3.05) is 33.5 Å². The highest BCUT2D eigenvalue weighted by Crippen LogP contribution is 2.55. The number of nitrogens with one attached hydrogen (secondary N) is 1. The Morgan fingerprint density at radius 1 is 1.39 bits per heavy atom. The zero-order valence-electron chi connectivity index (χ0n) is 17.2. The molecule has 4 aliphatic heterocycles. The van der Waals surface area contributed by atoms with Gasteiger partial charge in [0.25, 0.3) is 0 Å². The quantitative estimate of drug-likeness (QED) is 0.437. The smallest absolute Gasteiger partial charge is 0.404 e. The zero-order chi connectivity index (χ0) is 21.9. The van der Waals surface area contributed by atoms with Crippen LogP contribution in [0.1, 0.15) is 6.92 Å². The summed E-state index contributed by atoms with van der Waals surface area (Å²) in [5.41, 5.74) is 4.93. The van der Waals surface area contributed by atoms with Crippen LogP contribution in [0.5, 0.6) is 0 Å². The molecular formula is C21H23N3O7. The third kappa shape index (κ3) is 2.75. The van der Waals surface area contributed by atoms with E-state index in [1.54, 1.807) is 13.0 Å². The van der Waals surface area contributed by atoms with Crippen LogP contribution in [0.2, 0.25) is 0 Å². The molecule has 0 aromatic rings. The van der Waals surface area contributed by atoms with Crippen LogP contribution in [0.25, 0.3) is 0 Å². The Morgan fingerprint density at radius 3 is 2.87 bits per heavy atom. The van der Waals surface area contributed by atoms with Crippen LogP contribution in [0.15, 0.2) is 46.6 Å². The van der Waals surface area contributed by atoms with Gasteiger partial charge in [-0.25, -0.2) is 4.79 Å². The molecule has 3 N–H and O–H groups in total. The Hall–Kier alpha value is -3.11. The highest BCUT2D eigenvalue weighted by atomic mass is 16.6. The number of hydrogen-bond donors (Lipinski definition) is 2. The van der Waals surface area contributed by atoms with Gasteiger partial charge in [-0.1, -0.05) is 6.08 Å². The summed E-state index contributed by atoms with van der Waals surface area (Å²) in [5.74, 6) is -0.879. The van der Waals surface area contributed by atoms with E-state index in [1.165, 1.54) is 7.11 Å². The van der Waals surface area contributed by atoms with Gasteiger partial charge >= 0.3 is 6.09 Å². The molecule has 0 radical (unpaired) electrons. The van der Waals surface area contributed by atoms with E-state index < -0.39 is 23.5 Å². The Balaban J connectivity index is 1.50. The number of nitrogens with two attached hydrogens (primary N) is 1. The molecule has 1 aliphatic carbocycles. The molecule has 31 heavy (non-hydrogen) atoms. The van der Waals surface area contributed by atoms with Crippen molar-refractivity contribution in [1.82, 2.24) is 10.2 Å². The summed E-state index contributed by atoms with van der Waals surface area (Å²) in [6.45, 7) is 2.34. The molecule has 0 aromatic heterocycles. The number of rotatable bonds is 6. The molecule has 4 unspecified atom stereocenters. The molecule has 4 atom stereocenters. The molecule has 2 saturated heterocycles. The van der Waals surface area contributed by atoms with Crippen LogP contribution in [0, 0.1) is 5.92 Å². The average Bonchev–Trinajstić information content (AvgIpc) is 3.37.